The summed E-state index contributed by atoms with van der Waals surface area (Å²) in [5.41, 5.74) is 6.77. The number of likely N-dealkylation sites (tertiary alicyclic amines) is 1. The molecule has 0 saturated carbocycles. The van der Waals surface area contributed by atoms with Crippen LogP contribution >= 0.6 is 12.6 Å². The number of hydrogen-bond acceptors (Lipinski definition) is 9. The van der Waals surface area contributed by atoms with E-state index >= 15 is 0 Å². The molecule has 1 aliphatic rings. The number of carbonyl (C=O) groups excluding carboxylic acids is 6. The van der Waals surface area contributed by atoms with Gasteiger partial charge in [-0.25, -0.2) is 9.59 Å². The number of primary amides is 1. The van der Waals surface area contributed by atoms with Gasteiger partial charge in [0.2, 0.25) is 23.6 Å². The summed E-state index contributed by atoms with van der Waals surface area (Å²) in [7, 11) is 0. The highest BCUT2D eigenvalue weighted by molar-refractivity contribution is 7.81. The van der Waals surface area contributed by atoms with Gasteiger partial charge in [-0.3, -0.25) is 24.1 Å². The fraction of sp³-hybridized carbons (Fsp3) is 0.571. The number of amides is 7. The van der Waals surface area contributed by atoms with E-state index in [2.05, 4.69) is 33.9 Å². The highest BCUT2D eigenvalue weighted by atomic mass is 32.1. The Bertz CT molecular complexity index is 1130. The maximum atomic E-state index is 13.2. The number of rotatable bonds is 17. The van der Waals surface area contributed by atoms with Crippen molar-refractivity contribution in [3.05, 3.63) is 29.8 Å². The van der Waals surface area contributed by atoms with Crippen LogP contribution in [-0.4, -0.2) is 90.9 Å². The molecule has 0 spiro atoms. The molecule has 238 valence electrons. The Hall–Kier alpha value is -3.85. The van der Waals surface area contributed by atoms with E-state index in [0.29, 0.717) is 12.1 Å². The molecule has 1 fully saturated rings. The minimum absolute atomic E-state index is 0.00725. The zero-order valence-electron chi connectivity index (χ0n) is 24.7. The number of nitrogens with one attached hydrogen (secondary N) is 4. The molecule has 1 heterocycles. The summed E-state index contributed by atoms with van der Waals surface area (Å²) in [5, 5.41) is 9.83. The molecule has 14 nitrogen and oxygen atoms in total. The van der Waals surface area contributed by atoms with E-state index in [1.54, 1.807) is 26.0 Å². The van der Waals surface area contributed by atoms with Crippen molar-refractivity contribution >= 4 is 54.1 Å². The molecular weight excluding hydrogens is 580 g/mol. The van der Waals surface area contributed by atoms with Crippen LogP contribution in [0.4, 0.5) is 15.3 Å². The Morgan fingerprint density at radius 3 is 2.33 bits per heavy atom. The van der Waals surface area contributed by atoms with Crippen LogP contribution in [0.15, 0.2) is 24.3 Å². The van der Waals surface area contributed by atoms with Crippen molar-refractivity contribution in [1.82, 2.24) is 20.9 Å². The first-order valence-electron chi connectivity index (χ1n) is 14.2. The Kier molecular flexibility index (Phi) is 14.8. The molecule has 0 radical (unpaired) electrons. The second kappa shape index (κ2) is 18.0. The van der Waals surface area contributed by atoms with Gasteiger partial charge in [0.15, 0.2) is 0 Å². The first-order valence-corrected chi connectivity index (χ1v) is 14.7. The van der Waals surface area contributed by atoms with Gasteiger partial charge in [-0.2, -0.15) is 12.6 Å². The van der Waals surface area contributed by atoms with Gasteiger partial charge in [-0.05, 0) is 42.9 Å². The summed E-state index contributed by atoms with van der Waals surface area (Å²) in [6, 6.07) is 4.64. The van der Waals surface area contributed by atoms with E-state index in [4.69, 9.17) is 15.2 Å². The smallest absolute Gasteiger partial charge is 0.407 e. The Balaban J connectivity index is 1.87. The third-order valence-corrected chi connectivity index (χ3v) is 7.00. The second-order valence-corrected chi connectivity index (χ2v) is 10.9. The Labute approximate surface area is 256 Å². The first kappa shape index (κ1) is 35.3. The lowest BCUT2D eigenvalue weighted by atomic mass is 10.0. The SMILES string of the molecule is CCc1ccc(NC(=O)[C@H](CCCNC(N)=O)NC(=O)[C@@H](NC(=O)OCCOCCN2C(=O)CC(S)C2=O)C(C)C)cc1. The van der Waals surface area contributed by atoms with Crippen LogP contribution in [-0.2, 0) is 35.1 Å². The summed E-state index contributed by atoms with van der Waals surface area (Å²) < 4.78 is 10.5. The van der Waals surface area contributed by atoms with E-state index < -0.39 is 41.3 Å². The number of alkyl carbamates (subject to hydrolysis) is 1. The van der Waals surface area contributed by atoms with Gasteiger partial charge in [0.25, 0.3) is 0 Å². The van der Waals surface area contributed by atoms with E-state index in [0.717, 1.165) is 16.9 Å². The standard InChI is InChI=1S/C28H42N6O8S/c1-4-18-7-9-19(10-8-18)31-24(36)20(6-5-11-30-27(29)39)32-25(37)23(17(2)3)33-28(40)42-15-14-41-13-12-34-22(35)16-21(43)26(34)38/h7-10,17,20-21,23,43H,4-6,11-16H2,1-3H3,(H,31,36)(H,32,37)(H,33,40)(H3,29,30,39)/t20-,21?,23-/m0/s1. The minimum Gasteiger partial charge on any atom is -0.447 e. The van der Waals surface area contributed by atoms with Crippen LogP contribution in [0.25, 0.3) is 0 Å². The monoisotopic (exact) mass is 622 g/mol. The minimum atomic E-state index is -1.02. The number of thiol groups is 1. The quantitative estimate of drug-likeness (QED) is 0.0838. The van der Waals surface area contributed by atoms with Gasteiger partial charge >= 0.3 is 12.1 Å². The van der Waals surface area contributed by atoms with Crippen LogP contribution in [0.5, 0.6) is 0 Å². The Morgan fingerprint density at radius 2 is 1.74 bits per heavy atom. The summed E-state index contributed by atoms with van der Waals surface area (Å²) in [6.45, 7) is 5.70. The highest BCUT2D eigenvalue weighted by Gasteiger charge is 2.35. The molecule has 0 aromatic heterocycles. The number of imide groups is 1. The predicted octanol–water partition coefficient (Wildman–Crippen LogP) is 0.946. The van der Waals surface area contributed by atoms with Gasteiger partial charge in [0.1, 0.15) is 18.7 Å². The van der Waals surface area contributed by atoms with Gasteiger partial charge in [-0.15, -0.1) is 0 Å². The zero-order chi connectivity index (χ0) is 31.9. The second-order valence-electron chi connectivity index (χ2n) is 10.3. The molecule has 0 aliphatic carbocycles. The van der Waals surface area contributed by atoms with Gasteiger partial charge in [0, 0.05) is 18.7 Å². The topological polar surface area (TPSA) is 198 Å². The fourth-order valence-corrected chi connectivity index (χ4v) is 4.45. The molecule has 3 atom stereocenters. The first-order chi connectivity index (χ1) is 20.4. The molecule has 7 amide bonds. The summed E-state index contributed by atoms with van der Waals surface area (Å²) in [5.74, 6) is -2.07. The predicted molar refractivity (Wildman–Crippen MR) is 161 cm³/mol. The number of carbonyl (C=O) groups is 6. The average molecular weight is 623 g/mol. The summed E-state index contributed by atoms with van der Waals surface area (Å²) in [6.07, 6.45) is 0.593. The van der Waals surface area contributed by atoms with Crippen LogP contribution < -0.4 is 27.0 Å². The molecule has 1 aromatic carbocycles. The number of nitrogens with two attached hydrogens (primary N) is 1. The van der Waals surface area contributed by atoms with Crippen molar-refractivity contribution in [3.8, 4) is 0 Å². The average Bonchev–Trinajstić information content (AvgIpc) is 3.20. The number of nitrogens with zero attached hydrogens (tertiary/aromatic N) is 1. The number of anilines is 1. The highest BCUT2D eigenvalue weighted by Crippen LogP contribution is 2.17. The molecule has 1 aromatic rings. The molecule has 1 unspecified atom stereocenters. The molecule has 6 N–H and O–H groups in total. The number of aryl methyl sites for hydroxylation is 1. The number of benzene rings is 1. The molecule has 43 heavy (non-hydrogen) atoms. The molecule has 2 rings (SSSR count). The lowest BCUT2D eigenvalue weighted by Crippen LogP contribution is -2.54. The third-order valence-electron chi connectivity index (χ3n) is 6.59. The fourth-order valence-electron chi connectivity index (χ4n) is 4.16. The van der Waals surface area contributed by atoms with E-state index in [-0.39, 0.29) is 63.5 Å². The zero-order valence-corrected chi connectivity index (χ0v) is 25.6. The lowest BCUT2D eigenvalue weighted by molar-refractivity contribution is -0.139. The molecule has 15 heteroatoms. The molecule has 1 aliphatic heterocycles. The van der Waals surface area contributed by atoms with Crippen molar-refractivity contribution in [1.29, 1.82) is 0 Å². The third kappa shape index (κ3) is 12.1. The molecular formula is C28H42N6O8S. The normalized spacial score (nSPS) is 16.0. The maximum Gasteiger partial charge on any atom is 0.407 e. The lowest BCUT2D eigenvalue weighted by Gasteiger charge is -2.25. The number of hydrogen-bond donors (Lipinski definition) is 6. The van der Waals surface area contributed by atoms with Gasteiger partial charge in [0.05, 0.1) is 25.0 Å². The maximum absolute atomic E-state index is 13.2. The summed E-state index contributed by atoms with van der Waals surface area (Å²) in [4.78, 5) is 74.4. The Morgan fingerprint density at radius 1 is 1.05 bits per heavy atom. The van der Waals surface area contributed by atoms with Crippen molar-refractivity contribution in [2.75, 3.05) is 38.2 Å². The largest absolute Gasteiger partial charge is 0.447 e. The van der Waals surface area contributed by atoms with E-state index in [1.807, 2.05) is 19.1 Å². The summed E-state index contributed by atoms with van der Waals surface area (Å²) >= 11 is 4.06. The van der Waals surface area contributed by atoms with E-state index in [1.165, 1.54) is 0 Å². The van der Waals surface area contributed by atoms with Gasteiger partial charge in [-0.1, -0.05) is 32.9 Å². The van der Waals surface area contributed by atoms with Crippen LogP contribution in [0, 0.1) is 5.92 Å². The van der Waals surface area contributed by atoms with Gasteiger partial charge < -0.3 is 36.5 Å². The van der Waals surface area contributed by atoms with Crippen molar-refractivity contribution < 1.29 is 38.2 Å². The van der Waals surface area contributed by atoms with Crippen LogP contribution in [0.2, 0.25) is 0 Å². The number of ether oxygens (including phenoxy) is 2. The number of urea groups is 1. The van der Waals surface area contributed by atoms with E-state index in [9.17, 15) is 28.8 Å². The molecule has 0 bridgehead atoms. The van der Waals surface area contributed by atoms with Crippen molar-refractivity contribution in [3.63, 3.8) is 0 Å². The molecule has 1 saturated heterocycles. The van der Waals surface area contributed by atoms with Crippen molar-refractivity contribution in [2.24, 2.45) is 11.7 Å². The van der Waals surface area contributed by atoms with Crippen LogP contribution in [0.3, 0.4) is 0 Å². The van der Waals surface area contributed by atoms with Crippen molar-refractivity contribution in [2.45, 2.75) is 63.8 Å². The van der Waals surface area contributed by atoms with Crippen LogP contribution in [0.1, 0.15) is 45.6 Å².